The molecule has 4 rings (SSSR count). The summed E-state index contributed by atoms with van der Waals surface area (Å²) in [5.41, 5.74) is 0.0355. The SMILES string of the molecule is CC(=O)CC[C@H]1CN(S(=O)(=O)c2cccc(C(F)(F)F)c2)c2cc(CCc3c(F)cccc3Cl)ccc2O1. The number of ketones is 1. The molecule has 0 saturated heterocycles. The lowest BCUT2D eigenvalue weighted by atomic mass is 10.0. The van der Waals surface area contributed by atoms with E-state index in [0.29, 0.717) is 23.6 Å². The Balaban J connectivity index is 1.71. The van der Waals surface area contributed by atoms with Crippen molar-refractivity contribution in [1.82, 2.24) is 0 Å². The van der Waals surface area contributed by atoms with Crippen molar-refractivity contribution in [3.63, 3.8) is 0 Å². The van der Waals surface area contributed by atoms with Gasteiger partial charge in [0.2, 0.25) is 0 Å². The van der Waals surface area contributed by atoms with Gasteiger partial charge in [-0.25, -0.2) is 12.8 Å². The Bertz CT molecular complexity index is 1440. The van der Waals surface area contributed by atoms with Crippen LogP contribution in [0, 0.1) is 5.82 Å². The molecule has 0 aliphatic carbocycles. The van der Waals surface area contributed by atoms with Crippen LogP contribution in [-0.4, -0.2) is 26.8 Å². The number of Topliss-reactive ketones (excluding diaryl/α,β-unsaturated/α-hetero) is 1. The minimum Gasteiger partial charge on any atom is -0.486 e. The highest BCUT2D eigenvalue weighted by Gasteiger charge is 2.37. The molecule has 38 heavy (non-hydrogen) atoms. The minimum absolute atomic E-state index is 0.103. The lowest BCUT2D eigenvalue weighted by molar-refractivity contribution is -0.137. The van der Waals surface area contributed by atoms with Crippen molar-refractivity contribution in [3.05, 3.63) is 88.2 Å². The molecule has 1 atom stereocenters. The van der Waals surface area contributed by atoms with E-state index in [1.165, 1.54) is 19.1 Å². The van der Waals surface area contributed by atoms with Crippen LogP contribution >= 0.6 is 11.6 Å². The van der Waals surface area contributed by atoms with Crippen molar-refractivity contribution in [2.45, 2.75) is 49.8 Å². The first-order valence-corrected chi connectivity index (χ1v) is 13.6. The number of halogens is 5. The van der Waals surface area contributed by atoms with Crippen LogP contribution in [0.4, 0.5) is 23.2 Å². The van der Waals surface area contributed by atoms with Crippen molar-refractivity contribution in [2.24, 2.45) is 0 Å². The van der Waals surface area contributed by atoms with Gasteiger partial charge in [0.05, 0.1) is 22.7 Å². The molecule has 0 amide bonds. The number of nitrogens with zero attached hydrogens (tertiary/aromatic N) is 1. The molecule has 1 heterocycles. The molecule has 0 unspecified atom stereocenters. The van der Waals surface area contributed by atoms with Gasteiger partial charge >= 0.3 is 6.18 Å². The van der Waals surface area contributed by atoms with E-state index in [4.69, 9.17) is 16.3 Å². The molecular formula is C27H24ClF4NO4S. The maximum Gasteiger partial charge on any atom is 0.416 e. The molecule has 0 bridgehead atoms. The number of ether oxygens (including phenoxy) is 1. The number of fused-ring (bicyclic) bond motifs is 1. The molecule has 0 N–H and O–H groups in total. The third-order valence-corrected chi connectivity index (χ3v) is 8.38. The maximum atomic E-state index is 14.2. The Morgan fingerprint density at radius 1 is 1.08 bits per heavy atom. The summed E-state index contributed by atoms with van der Waals surface area (Å²) in [7, 11) is -4.44. The summed E-state index contributed by atoms with van der Waals surface area (Å²) in [6, 6.07) is 12.8. The molecule has 3 aromatic carbocycles. The van der Waals surface area contributed by atoms with E-state index in [9.17, 15) is 30.8 Å². The number of carbonyl (C=O) groups is 1. The Morgan fingerprint density at radius 3 is 2.50 bits per heavy atom. The van der Waals surface area contributed by atoms with Gasteiger partial charge in [0.1, 0.15) is 23.5 Å². The lowest BCUT2D eigenvalue weighted by Gasteiger charge is -2.36. The van der Waals surface area contributed by atoms with Gasteiger partial charge in [-0.3, -0.25) is 4.31 Å². The second-order valence-electron chi connectivity index (χ2n) is 9.04. The fourth-order valence-corrected chi connectivity index (χ4v) is 6.06. The van der Waals surface area contributed by atoms with E-state index in [2.05, 4.69) is 0 Å². The third kappa shape index (κ3) is 6.13. The summed E-state index contributed by atoms with van der Waals surface area (Å²) in [6.45, 7) is 1.21. The van der Waals surface area contributed by atoms with Crippen molar-refractivity contribution in [2.75, 3.05) is 10.8 Å². The standard InChI is InChI=1S/C27H24ClF4NO4S/c1-17(34)8-11-20-16-33(38(35,36)21-5-2-4-19(15-21)27(30,31)32)25-14-18(10-13-26(25)37-20)9-12-22-23(28)6-3-7-24(22)29/h2-7,10,13-15,20H,8-9,11-12,16H2,1H3/t20-/m0/s1. The number of hydrogen-bond donors (Lipinski definition) is 0. The molecule has 3 aromatic rings. The Labute approximate surface area is 223 Å². The van der Waals surface area contributed by atoms with Crippen LogP contribution in [-0.2, 0) is 33.8 Å². The van der Waals surface area contributed by atoms with Crippen LogP contribution in [0.5, 0.6) is 5.75 Å². The largest absolute Gasteiger partial charge is 0.486 e. The first-order valence-electron chi connectivity index (χ1n) is 11.8. The molecule has 0 radical (unpaired) electrons. The fraction of sp³-hybridized carbons (Fsp3) is 0.296. The summed E-state index contributed by atoms with van der Waals surface area (Å²) < 4.78 is 88.5. The average Bonchev–Trinajstić information content (AvgIpc) is 2.86. The molecule has 0 saturated carbocycles. The van der Waals surface area contributed by atoms with Gasteiger partial charge in [0, 0.05) is 17.0 Å². The van der Waals surface area contributed by atoms with Gasteiger partial charge < -0.3 is 9.53 Å². The highest BCUT2D eigenvalue weighted by Crippen LogP contribution is 2.40. The number of carbonyl (C=O) groups excluding carboxylic acids is 1. The monoisotopic (exact) mass is 569 g/mol. The Hall–Kier alpha value is -3.11. The van der Waals surface area contributed by atoms with Gasteiger partial charge in [0.25, 0.3) is 10.0 Å². The molecule has 1 aliphatic heterocycles. The molecule has 5 nitrogen and oxygen atoms in total. The average molecular weight is 570 g/mol. The molecule has 202 valence electrons. The van der Waals surface area contributed by atoms with E-state index in [1.807, 2.05) is 0 Å². The second-order valence-corrected chi connectivity index (χ2v) is 11.3. The number of rotatable bonds is 8. The summed E-state index contributed by atoms with van der Waals surface area (Å²) in [6.07, 6.45) is -4.46. The van der Waals surface area contributed by atoms with Gasteiger partial charge in [-0.1, -0.05) is 29.8 Å². The third-order valence-electron chi connectivity index (χ3n) is 6.25. The van der Waals surface area contributed by atoms with Crippen LogP contribution in [0.25, 0.3) is 0 Å². The second kappa shape index (κ2) is 10.9. The smallest absolute Gasteiger partial charge is 0.416 e. The van der Waals surface area contributed by atoms with Crippen molar-refractivity contribution in [3.8, 4) is 5.75 Å². The van der Waals surface area contributed by atoms with Gasteiger partial charge in [0.15, 0.2) is 0 Å². The number of benzene rings is 3. The first-order chi connectivity index (χ1) is 17.9. The van der Waals surface area contributed by atoms with Crippen molar-refractivity contribution in [1.29, 1.82) is 0 Å². The Morgan fingerprint density at radius 2 is 1.82 bits per heavy atom. The number of hydrogen-bond acceptors (Lipinski definition) is 4. The lowest BCUT2D eigenvalue weighted by Crippen LogP contribution is -2.43. The van der Waals surface area contributed by atoms with E-state index < -0.39 is 38.6 Å². The number of anilines is 1. The predicted molar refractivity (Wildman–Crippen MR) is 136 cm³/mol. The normalized spacial score (nSPS) is 15.6. The summed E-state index contributed by atoms with van der Waals surface area (Å²) in [5, 5.41) is 0.272. The van der Waals surface area contributed by atoms with E-state index in [-0.39, 0.29) is 48.0 Å². The molecule has 1 aliphatic rings. The minimum atomic E-state index is -4.72. The van der Waals surface area contributed by atoms with E-state index in [0.717, 1.165) is 22.5 Å². The van der Waals surface area contributed by atoms with E-state index >= 15 is 0 Å². The molecule has 11 heteroatoms. The van der Waals surface area contributed by atoms with Crippen molar-refractivity contribution < 1.29 is 35.5 Å². The Kier molecular flexibility index (Phi) is 8.04. The highest BCUT2D eigenvalue weighted by atomic mass is 35.5. The topological polar surface area (TPSA) is 63.7 Å². The summed E-state index contributed by atoms with van der Waals surface area (Å²) in [5.74, 6) is -0.345. The quantitative estimate of drug-likeness (QED) is 0.286. The first kappa shape index (κ1) is 27.9. The van der Waals surface area contributed by atoms with Crippen LogP contribution in [0.1, 0.15) is 36.5 Å². The van der Waals surface area contributed by atoms with Crippen LogP contribution in [0.3, 0.4) is 0 Å². The molecular weight excluding hydrogens is 546 g/mol. The van der Waals surface area contributed by atoms with Gasteiger partial charge in [-0.05, 0) is 74.2 Å². The zero-order valence-electron chi connectivity index (χ0n) is 20.3. The number of alkyl halides is 3. The van der Waals surface area contributed by atoms with Crippen LogP contribution in [0.15, 0.2) is 65.6 Å². The van der Waals surface area contributed by atoms with Gasteiger partial charge in [-0.2, -0.15) is 13.2 Å². The fourth-order valence-electron chi connectivity index (χ4n) is 4.26. The van der Waals surface area contributed by atoms with Gasteiger partial charge in [-0.15, -0.1) is 0 Å². The summed E-state index contributed by atoms with van der Waals surface area (Å²) in [4.78, 5) is 11.0. The number of sulfonamides is 1. The summed E-state index contributed by atoms with van der Waals surface area (Å²) >= 11 is 6.12. The molecule has 0 spiro atoms. The predicted octanol–water partition coefficient (Wildman–Crippen LogP) is 6.61. The highest BCUT2D eigenvalue weighted by molar-refractivity contribution is 7.92. The van der Waals surface area contributed by atoms with Crippen LogP contribution < -0.4 is 9.04 Å². The zero-order chi connectivity index (χ0) is 27.7. The molecule has 0 fully saturated rings. The van der Waals surface area contributed by atoms with Crippen molar-refractivity contribution >= 4 is 33.1 Å². The molecule has 0 aromatic heterocycles. The van der Waals surface area contributed by atoms with Crippen LogP contribution in [0.2, 0.25) is 5.02 Å². The maximum absolute atomic E-state index is 14.2. The van der Waals surface area contributed by atoms with E-state index in [1.54, 1.807) is 24.3 Å². The number of aryl methyl sites for hydroxylation is 1. The zero-order valence-corrected chi connectivity index (χ0v) is 21.8.